The summed E-state index contributed by atoms with van der Waals surface area (Å²) in [7, 11) is 0. The van der Waals surface area contributed by atoms with Crippen molar-refractivity contribution in [1.29, 1.82) is 0 Å². The number of hydrogen-bond acceptors (Lipinski definition) is 9. The average molecular weight is 717 g/mol. The number of nitrogens with two attached hydrogens (primary N) is 1. The standard InChI is InChI=1S/C29H32Cl2N4O7S3/c1-14-7-19(8-15(2)33(14)6-4-5-22(32)28(39)40)43-12-18-13-44-27-25(26(38)34(27)24(18)29(41)42)35(16(3)37)45-23-10-20(30)17(11-36)9-21(23)31/h7-10,22,25,27,36H,4-6,11-13,32H2,1-3H3,(H-,39,40,41,42)/p+1/t22-,25-,27+/m0/s1. The quantitative estimate of drug-likeness (QED) is 0.103. The van der Waals surface area contributed by atoms with Gasteiger partial charge in [-0.2, -0.15) is 0 Å². The fourth-order valence-electron chi connectivity index (χ4n) is 5.13. The predicted octanol–water partition coefficient (Wildman–Crippen LogP) is 3.85. The second kappa shape index (κ2) is 15.0. The number of carbonyl (C=O) groups excluding carboxylic acids is 2. The number of halogens is 2. The Kier molecular flexibility index (Phi) is 11.8. The second-order valence-corrected chi connectivity index (χ2v) is 14.6. The molecule has 1 aromatic carbocycles. The Hall–Kier alpha value is -2.46. The zero-order valence-corrected chi connectivity index (χ0v) is 28.6. The van der Waals surface area contributed by atoms with Gasteiger partial charge in [-0.3, -0.25) is 23.6 Å². The van der Waals surface area contributed by atoms with Gasteiger partial charge in [-0.05, 0) is 41.6 Å². The number of carboxylic acids is 2. The van der Waals surface area contributed by atoms with Crippen molar-refractivity contribution in [3.05, 3.63) is 62.5 Å². The van der Waals surface area contributed by atoms with Crippen LogP contribution in [0.2, 0.25) is 10.0 Å². The molecule has 0 saturated carbocycles. The molecule has 5 N–H and O–H groups in total. The highest BCUT2D eigenvalue weighted by Crippen LogP contribution is 2.46. The first-order valence-corrected chi connectivity index (χ1v) is 17.4. The molecule has 1 fully saturated rings. The summed E-state index contributed by atoms with van der Waals surface area (Å²) >= 11 is 16.4. The van der Waals surface area contributed by atoms with Gasteiger partial charge in [-0.1, -0.05) is 23.2 Å². The summed E-state index contributed by atoms with van der Waals surface area (Å²) in [6.45, 7) is 5.54. The molecule has 0 spiro atoms. The number of β-lactam (4-membered cyclic amide) rings is 1. The van der Waals surface area contributed by atoms with Crippen LogP contribution in [0.25, 0.3) is 0 Å². The topological polar surface area (TPSA) is 165 Å². The monoisotopic (exact) mass is 715 g/mol. The number of aromatic nitrogens is 1. The van der Waals surface area contributed by atoms with Gasteiger partial charge in [0.2, 0.25) is 5.91 Å². The third kappa shape index (κ3) is 7.75. The smallest absolute Gasteiger partial charge is 0.352 e. The summed E-state index contributed by atoms with van der Waals surface area (Å²) in [6.07, 6.45) is 0.974. The highest BCUT2D eigenvalue weighted by molar-refractivity contribution is 8.01. The lowest BCUT2D eigenvalue weighted by Crippen LogP contribution is -2.70. The Bertz CT molecular complexity index is 1550. The van der Waals surface area contributed by atoms with Gasteiger partial charge >= 0.3 is 11.9 Å². The number of nitrogens with zero attached hydrogens (tertiary/aromatic N) is 3. The molecule has 3 heterocycles. The third-order valence-corrected chi connectivity index (χ3v) is 11.8. The summed E-state index contributed by atoms with van der Waals surface area (Å²) in [6, 6.07) is 5.20. The van der Waals surface area contributed by atoms with Crippen molar-refractivity contribution in [2.24, 2.45) is 5.73 Å². The lowest BCUT2D eigenvalue weighted by molar-refractivity contribution is -0.709. The molecule has 1 aromatic heterocycles. The molecule has 3 atom stereocenters. The maximum atomic E-state index is 13.5. The maximum Gasteiger partial charge on any atom is 0.352 e. The van der Waals surface area contributed by atoms with Gasteiger partial charge in [-0.15, -0.1) is 23.5 Å². The van der Waals surface area contributed by atoms with Crippen LogP contribution in [-0.4, -0.2) is 77.2 Å². The highest BCUT2D eigenvalue weighted by atomic mass is 35.5. The number of aliphatic hydroxyl groups is 1. The van der Waals surface area contributed by atoms with E-state index in [9.17, 15) is 29.4 Å². The number of pyridine rings is 1. The molecule has 0 radical (unpaired) electrons. The number of carbonyl (C=O) groups is 4. The van der Waals surface area contributed by atoms with Crippen molar-refractivity contribution in [3.8, 4) is 0 Å². The second-order valence-electron chi connectivity index (χ2n) is 10.6. The number of hydrogen-bond donors (Lipinski definition) is 4. The average Bonchev–Trinajstić information content (AvgIpc) is 2.97. The lowest BCUT2D eigenvalue weighted by Gasteiger charge is -2.52. The molecule has 45 heavy (non-hydrogen) atoms. The van der Waals surface area contributed by atoms with E-state index in [1.54, 1.807) is 0 Å². The van der Waals surface area contributed by atoms with Gasteiger partial charge in [0.05, 0.1) is 11.6 Å². The summed E-state index contributed by atoms with van der Waals surface area (Å²) in [5, 5.41) is 28.5. The van der Waals surface area contributed by atoms with E-state index in [-0.39, 0.29) is 22.3 Å². The molecule has 0 aliphatic carbocycles. The van der Waals surface area contributed by atoms with E-state index < -0.39 is 41.2 Å². The summed E-state index contributed by atoms with van der Waals surface area (Å²) in [5.74, 6) is -2.43. The van der Waals surface area contributed by atoms with Gasteiger partial charge in [0, 0.05) is 65.6 Å². The Labute approximate surface area is 283 Å². The lowest BCUT2D eigenvalue weighted by atomic mass is 10.0. The van der Waals surface area contributed by atoms with Crippen LogP contribution in [-0.2, 0) is 32.3 Å². The van der Waals surface area contributed by atoms with Crippen LogP contribution >= 0.6 is 58.7 Å². The van der Waals surface area contributed by atoms with Crippen LogP contribution in [0, 0.1) is 13.8 Å². The van der Waals surface area contributed by atoms with E-state index in [1.165, 1.54) is 51.8 Å². The molecule has 0 unspecified atom stereocenters. The van der Waals surface area contributed by atoms with Crippen molar-refractivity contribution < 1.29 is 39.1 Å². The summed E-state index contributed by atoms with van der Waals surface area (Å²) in [5.41, 5.74) is 8.53. The van der Waals surface area contributed by atoms with Crippen molar-refractivity contribution >= 4 is 82.4 Å². The number of aryl methyl sites for hydroxylation is 2. The van der Waals surface area contributed by atoms with E-state index in [0.717, 1.165) is 28.2 Å². The summed E-state index contributed by atoms with van der Waals surface area (Å²) < 4.78 is 3.38. The Balaban J connectivity index is 1.48. The highest BCUT2D eigenvalue weighted by Gasteiger charge is 2.57. The normalized spacial score (nSPS) is 18.4. The van der Waals surface area contributed by atoms with Gasteiger partial charge in [0.15, 0.2) is 17.4 Å². The number of rotatable bonds is 13. The minimum absolute atomic E-state index is 0.0661. The largest absolute Gasteiger partial charge is 0.480 e. The van der Waals surface area contributed by atoms with E-state index in [4.69, 9.17) is 34.0 Å². The minimum atomic E-state index is -1.21. The van der Waals surface area contributed by atoms with Crippen LogP contribution < -0.4 is 10.3 Å². The Morgan fingerprint density at radius 1 is 1.16 bits per heavy atom. The molecule has 1 saturated heterocycles. The number of aliphatic hydroxyl groups excluding tert-OH is 1. The first kappa shape index (κ1) is 35.4. The van der Waals surface area contributed by atoms with Gasteiger partial charge < -0.3 is 21.1 Å². The number of amides is 2. The molecule has 0 bridgehead atoms. The fraction of sp³-hybridized carbons (Fsp3) is 0.414. The molecule has 16 heteroatoms. The van der Waals surface area contributed by atoms with Crippen molar-refractivity contribution in [1.82, 2.24) is 9.21 Å². The molecule has 242 valence electrons. The van der Waals surface area contributed by atoms with Crippen LogP contribution in [0.5, 0.6) is 0 Å². The first-order valence-electron chi connectivity index (χ1n) is 13.8. The molecule has 2 amide bonds. The SMILES string of the molecule is CC(=O)N(Sc1cc(Cl)c(CO)cc1Cl)[C@H]1C(=O)N2C(C(=O)O)=C(CSc3cc(C)[n+](CCC[C@H](N)C(=O)O)c(C)c3)CS[C@H]12. The molecule has 2 aliphatic heterocycles. The van der Waals surface area contributed by atoms with Gasteiger partial charge in [0.1, 0.15) is 23.7 Å². The Morgan fingerprint density at radius 3 is 2.40 bits per heavy atom. The first-order chi connectivity index (χ1) is 21.2. The third-order valence-electron chi connectivity index (χ3n) is 7.43. The van der Waals surface area contributed by atoms with E-state index in [1.807, 2.05) is 26.0 Å². The Morgan fingerprint density at radius 2 is 1.82 bits per heavy atom. The minimum Gasteiger partial charge on any atom is -0.480 e. The molecular weight excluding hydrogens is 683 g/mol. The van der Waals surface area contributed by atoms with Gasteiger partial charge in [0.25, 0.3) is 5.91 Å². The molecule has 2 aliphatic rings. The van der Waals surface area contributed by atoms with E-state index in [0.29, 0.717) is 46.9 Å². The number of thioether (sulfide) groups is 2. The zero-order chi connectivity index (χ0) is 33.2. The van der Waals surface area contributed by atoms with Crippen LogP contribution in [0.3, 0.4) is 0 Å². The van der Waals surface area contributed by atoms with Gasteiger partial charge in [-0.25, -0.2) is 9.36 Å². The number of carboxylic acid groups (broad SMARTS) is 2. The van der Waals surface area contributed by atoms with Crippen LogP contribution in [0.1, 0.15) is 36.7 Å². The summed E-state index contributed by atoms with van der Waals surface area (Å²) in [4.78, 5) is 52.2. The molecule has 11 nitrogen and oxygen atoms in total. The molecular formula is C29H33Cl2N4O7S3+. The fourth-order valence-corrected chi connectivity index (χ4v) is 9.36. The number of benzene rings is 1. The van der Waals surface area contributed by atoms with Crippen molar-refractivity contribution in [2.75, 3.05) is 11.5 Å². The van der Waals surface area contributed by atoms with E-state index >= 15 is 0 Å². The zero-order valence-electron chi connectivity index (χ0n) is 24.7. The molecule has 2 aromatic rings. The van der Waals surface area contributed by atoms with Crippen molar-refractivity contribution in [3.63, 3.8) is 0 Å². The van der Waals surface area contributed by atoms with E-state index in [2.05, 4.69) is 4.57 Å². The molecule has 4 rings (SSSR count). The number of fused-ring (bicyclic) bond motifs is 1. The maximum absolute atomic E-state index is 13.5. The van der Waals surface area contributed by atoms with Crippen LogP contribution in [0.15, 0.2) is 45.3 Å². The van der Waals surface area contributed by atoms with Crippen molar-refractivity contribution in [2.45, 2.75) is 74.0 Å². The predicted molar refractivity (Wildman–Crippen MR) is 174 cm³/mol. The van der Waals surface area contributed by atoms with Crippen LogP contribution in [0.4, 0.5) is 0 Å². The number of aliphatic carboxylic acids is 2.